The molecule has 0 atom stereocenters. The third-order valence-electron chi connectivity index (χ3n) is 2.40. The van der Waals surface area contributed by atoms with Crippen LogP contribution in [-0.4, -0.2) is 15.0 Å². The van der Waals surface area contributed by atoms with Gasteiger partial charge in [-0.1, -0.05) is 13.3 Å². The van der Waals surface area contributed by atoms with Gasteiger partial charge in [0.1, 0.15) is 5.56 Å². The van der Waals surface area contributed by atoms with Crippen LogP contribution in [0.2, 0.25) is 0 Å². The van der Waals surface area contributed by atoms with Crippen LogP contribution in [0.1, 0.15) is 25.3 Å². The second kappa shape index (κ2) is 5.24. The molecule has 0 amide bonds. The summed E-state index contributed by atoms with van der Waals surface area (Å²) in [6, 6.07) is 2.07. The number of aromatic hydroxyl groups is 1. The van der Waals surface area contributed by atoms with Crippen molar-refractivity contribution in [3.63, 3.8) is 0 Å². The Morgan fingerprint density at radius 3 is 2.35 bits per heavy atom. The smallest absolute Gasteiger partial charge is 0.320 e. The maximum atomic E-state index is 10.8. The zero-order valence-corrected chi connectivity index (χ0v) is 9.25. The monoisotopic (exact) mass is 240 g/mol. The van der Waals surface area contributed by atoms with E-state index in [1.807, 2.05) is 6.92 Å². The molecule has 92 valence electrons. The van der Waals surface area contributed by atoms with E-state index < -0.39 is 21.3 Å². The summed E-state index contributed by atoms with van der Waals surface area (Å²) in [6.07, 6.45) is 1.55. The van der Waals surface area contributed by atoms with E-state index in [0.29, 0.717) is 6.42 Å². The molecular formula is C10H12N2O5. The summed E-state index contributed by atoms with van der Waals surface area (Å²) in [7, 11) is 0. The summed E-state index contributed by atoms with van der Waals surface area (Å²) in [4.78, 5) is 20.1. The predicted octanol–water partition coefficient (Wildman–Crippen LogP) is 2.55. The Kier molecular flexibility index (Phi) is 3.97. The topological polar surface area (TPSA) is 107 Å². The van der Waals surface area contributed by atoms with Crippen molar-refractivity contribution < 1.29 is 15.0 Å². The summed E-state index contributed by atoms with van der Waals surface area (Å²) in [5.41, 5.74) is -0.891. The van der Waals surface area contributed by atoms with Gasteiger partial charge in [0.2, 0.25) is 0 Å². The van der Waals surface area contributed by atoms with Crippen LogP contribution < -0.4 is 0 Å². The zero-order valence-electron chi connectivity index (χ0n) is 9.25. The molecule has 0 aliphatic carbocycles. The largest absolute Gasteiger partial charge is 0.502 e. The third kappa shape index (κ3) is 2.68. The van der Waals surface area contributed by atoms with Crippen LogP contribution in [0, 0.1) is 20.2 Å². The van der Waals surface area contributed by atoms with Crippen LogP contribution in [0.15, 0.2) is 12.1 Å². The van der Waals surface area contributed by atoms with Crippen molar-refractivity contribution in [2.24, 2.45) is 0 Å². The van der Waals surface area contributed by atoms with E-state index in [2.05, 4.69) is 0 Å². The van der Waals surface area contributed by atoms with E-state index in [0.717, 1.165) is 18.6 Å². The fraction of sp³-hybridized carbons (Fsp3) is 0.400. The Morgan fingerprint density at radius 1 is 1.24 bits per heavy atom. The van der Waals surface area contributed by atoms with Crippen molar-refractivity contribution in [1.82, 2.24) is 0 Å². The first-order valence-electron chi connectivity index (χ1n) is 5.12. The van der Waals surface area contributed by atoms with E-state index >= 15 is 0 Å². The Morgan fingerprint density at radius 2 is 1.88 bits per heavy atom. The molecule has 0 aromatic heterocycles. The van der Waals surface area contributed by atoms with E-state index in [9.17, 15) is 25.3 Å². The van der Waals surface area contributed by atoms with Gasteiger partial charge in [0, 0.05) is 6.07 Å². The molecule has 0 radical (unpaired) electrons. The maximum Gasteiger partial charge on any atom is 0.320 e. The first kappa shape index (κ1) is 12.9. The van der Waals surface area contributed by atoms with Crippen LogP contribution in [0.3, 0.4) is 0 Å². The normalized spacial score (nSPS) is 10.2. The molecule has 0 heterocycles. The van der Waals surface area contributed by atoms with E-state index in [4.69, 9.17) is 0 Å². The highest BCUT2D eigenvalue weighted by Crippen LogP contribution is 2.36. The predicted molar refractivity (Wildman–Crippen MR) is 60.0 cm³/mol. The second-order valence-corrected chi connectivity index (χ2v) is 3.55. The van der Waals surface area contributed by atoms with Gasteiger partial charge >= 0.3 is 5.69 Å². The lowest BCUT2D eigenvalue weighted by Crippen LogP contribution is -2.01. The fourth-order valence-electron chi connectivity index (χ4n) is 1.59. The summed E-state index contributed by atoms with van der Waals surface area (Å²) < 4.78 is 0. The first-order chi connectivity index (χ1) is 7.99. The van der Waals surface area contributed by atoms with Crippen LogP contribution in [-0.2, 0) is 6.42 Å². The quantitative estimate of drug-likeness (QED) is 0.628. The molecule has 1 N–H and O–H groups in total. The van der Waals surface area contributed by atoms with E-state index in [1.165, 1.54) is 0 Å². The number of phenolic OH excluding ortho intramolecular Hbond substituents is 1. The molecule has 0 saturated carbocycles. The van der Waals surface area contributed by atoms with Gasteiger partial charge in [-0.25, -0.2) is 0 Å². The molecule has 1 rings (SSSR count). The Bertz CT molecular complexity index is 458. The van der Waals surface area contributed by atoms with Gasteiger partial charge in [-0.2, -0.15) is 0 Å². The second-order valence-electron chi connectivity index (χ2n) is 3.55. The van der Waals surface area contributed by atoms with Crippen molar-refractivity contribution in [3.8, 4) is 5.75 Å². The highest BCUT2D eigenvalue weighted by Gasteiger charge is 2.28. The number of nitro groups is 2. The van der Waals surface area contributed by atoms with Crippen molar-refractivity contribution in [3.05, 3.63) is 37.9 Å². The SMILES string of the molecule is CCCCc1c([N+](=O)[O-])ccc(O)c1[N+](=O)[O-]. The summed E-state index contributed by atoms with van der Waals surface area (Å²) in [5.74, 6) is -0.535. The minimum absolute atomic E-state index is 0.0122. The number of rotatable bonds is 5. The first-order valence-corrected chi connectivity index (χ1v) is 5.12. The highest BCUT2D eigenvalue weighted by atomic mass is 16.6. The lowest BCUT2D eigenvalue weighted by molar-refractivity contribution is -0.396. The van der Waals surface area contributed by atoms with E-state index in [-0.39, 0.29) is 17.7 Å². The molecule has 0 aliphatic rings. The molecule has 0 spiro atoms. The van der Waals surface area contributed by atoms with Crippen LogP contribution in [0.5, 0.6) is 5.75 Å². The molecule has 1 aromatic carbocycles. The number of nitrogens with zero attached hydrogens (tertiary/aromatic N) is 2. The van der Waals surface area contributed by atoms with Crippen molar-refractivity contribution in [2.75, 3.05) is 0 Å². The molecule has 0 aliphatic heterocycles. The number of benzene rings is 1. The van der Waals surface area contributed by atoms with Crippen molar-refractivity contribution in [1.29, 1.82) is 0 Å². The lowest BCUT2D eigenvalue weighted by Gasteiger charge is -2.04. The van der Waals surface area contributed by atoms with Gasteiger partial charge < -0.3 is 5.11 Å². The van der Waals surface area contributed by atoms with Gasteiger partial charge in [-0.05, 0) is 18.9 Å². The standard InChI is InChI=1S/C10H12N2O5/c1-2-3-4-7-8(11(14)15)5-6-9(13)10(7)12(16)17/h5-6,13H,2-4H2,1H3. The summed E-state index contributed by atoms with van der Waals surface area (Å²) in [5, 5.41) is 31.0. The summed E-state index contributed by atoms with van der Waals surface area (Å²) in [6.45, 7) is 1.88. The third-order valence-corrected chi connectivity index (χ3v) is 2.40. The molecule has 7 nitrogen and oxygen atoms in total. The van der Waals surface area contributed by atoms with Crippen LogP contribution in [0.25, 0.3) is 0 Å². The number of unbranched alkanes of at least 4 members (excludes halogenated alkanes) is 1. The van der Waals surface area contributed by atoms with E-state index in [1.54, 1.807) is 0 Å². The van der Waals surface area contributed by atoms with Gasteiger partial charge in [0.25, 0.3) is 5.69 Å². The maximum absolute atomic E-state index is 10.8. The molecule has 17 heavy (non-hydrogen) atoms. The van der Waals surface area contributed by atoms with Crippen molar-refractivity contribution >= 4 is 11.4 Å². The molecule has 0 saturated heterocycles. The molecule has 0 unspecified atom stereocenters. The average molecular weight is 240 g/mol. The van der Waals surface area contributed by atoms with Crippen molar-refractivity contribution in [2.45, 2.75) is 26.2 Å². The highest BCUT2D eigenvalue weighted by molar-refractivity contribution is 5.61. The number of hydrogen-bond donors (Lipinski definition) is 1. The molecule has 1 aromatic rings. The molecule has 7 heteroatoms. The van der Waals surface area contributed by atoms with Crippen LogP contribution >= 0.6 is 0 Å². The Labute approximate surface area is 97.0 Å². The zero-order chi connectivity index (χ0) is 13.0. The van der Waals surface area contributed by atoms with Gasteiger partial charge in [-0.3, -0.25) is 20.2 Å². The van der Waals surface area contributed by atoms with Gasteiger partial charge in [-0.15, -0.1) is 0 Å². The number of phenols is 1. The minimum Gasteiger partial charge on any atom is -0.502 e. The van der Waals surface area contributed by atoms with Crippen LogP contribution in [0.4, 0.5) is 11.4 Å². The molecular weight excluding hydrogens is 228 g/mol. The average Bonchev–Trinajstić information content (AvgIpc) is 2.25. The molecule has 0 bridgehead atoms. The van der Waals surface area contributed by atoms with Gasteiger partial charge in [0.15, 0.2) is 5.75 Å². The fourth-order valence-corrected chi connectivity index (χ4v) is 1.59. The minimum atomic E-state index is -0.784. The Balaban J connectivity index is 3.38. The Hall–Kier alpha value is -2.18. The summed E-state index contributed by atoms with van der Waals surface area (Å²) >= 11 is 0. The number of nitro benzene ring substituents is 2. The number of hydrogen-bond acceptors (Lipinski definition) is 5. The van der Waals surface area contributed by atoms with Gasteiger partial charge in [0.05, 0.1) is 9.85 Å². The molecule has 0 fully saturated rings. The lowest BCUT2D eigenvalue weighted by atomic mass is 10.0.